The molecule has 0 aromatic heterocycles. The van der Waals surface area contributed by atoms with Crippen LogP contribution in [0.3, 0.4) is 0 Å². The summed E-state index contributed by atoms with van der Waals surface area (Å²) in [4.78, 5) is 0. The van der Waals surface area contributed by atoms with Crippen LogP contribution in [0.5, 0.6) is 0 Å². The van der Waals surface area contributed by atoms with Gasteiger partial charge in [-0.2, -0.15) is 0 Å². The van der Waals surface area contributed by atoms with Gasteiger partial charge in [0.2, 0.25) is 0 Å². The van der Waals surface area contributed by atoms with Crippen LogP contribution in [0.25, 0.3) is 0 Å². The topological polar surface area (TPSA) is 3.24 Å². The van der Waals surface area contributed by atoms with Crippen molar-refractivity contribution in [2.45, 2.75) is 6.42 Å². The third-order valence-corrected chi connectivity index (χ3v) is 2.03. The maximum atomic E-state index is 2.30. The molecule has 1 aromatic rings. The predicted molar refractivity (Wildman–Crippen MR) is 56.8 cm³/mol. The summed E-state index contributed by atoms with van der Waals surface area (Å²) in [5.41, 5.74) is 1.41. The van der Waals surface area contributed by atoms with Crippen LogP contribution in [0, 0.1) is 0 Å². The third-order valence-electron chi connectivity index (χ3n) is 1.55. The van der Waals surface area contributed by atoms with Crippen molar-refractivity contribution >= 4 is 22.9 Å². The van der Waals surface area contributed by atoms with Crippen LogP contribution in [0.1, 0.15) is 5.56 Å². The van der Waals surface area contributed by atoms with Crippen molar-refractivity contribution < 1.29 is 0 Å². The van der Waals surface area contributed by atoms with Gasteiger partial charge in [-0.1, -0.05) is 30.3 Å². The molecule has 0 spiro atoms. The molecule has 0 heterocycles. The van der Waals surface area contributed by atoms with Gasteiger partial charge in [-0.15, -0.1) is 0 Å². The van der Waals surface area contributed by atoms with E-state index in [4.69, 9.17) is 0 Å². The Morgan fingerprint density at radius 3 is 2.45 bits per heavy atom. The quantitative estimate of drug-likeness (QED) is 0.597. The minimum absolute atomic E-state index is 1.12. The second-order valence-corrected chi connectivity index (χ2v) is 4.21. The van der Waals surface area contributed by atoms with E-state index in [9.17, 15) is 0 Å². The van der Waals surface area contributed by atoms with Gasteiger partial charge in [-0.05, 0) is 19.0 Å². The standard InChI is InChI=1S/C9H12IN/c1-11(10)8-7-9-5-3-2-4-6-9/h2-6H,7-8H2,1H3. The average Bonchev–Trinajstić information content (AvgIpc) is 2.03. The first-order valence-corrected chi connectivity index (χ1v) is 4.66. The van der Waals surface area contributed by atoms with Crippen molar-refractivity contribution in [1.29, 1.82) is 0 Å². The monoisotopic (exact) mass is 261 g/mol. The second kappa shape index (κ2) is 4.72. The summed E-state index contributed by atoms with van der Waals surface area (Å²) in [6.07, 6.45) is 1.14. The minimum Gasteiger partial charge on any atom is -0.250 e. The highest BCUT2D eigenvalue weighted by Gasteiger charge is 1.92. The van der Waals surface area contributed by atoms with Crippen molar-refractivity contribution in [2.75, 3.05) is 13.6 Å². The maximum absolute atomic E-state index is 2.30. The highest BCUT2D eigenvalue weighted by atomic mass is 127. The van der Waals surface area contributed by atoms with E-state index in [1.165, 1.54) is 5.56 Å². The van der Waals surface area contributed by atoms with E-state index >= 15 is 0 Å². The van der Waals surface area contributed by atoms with E-state index in [-0.39, 0.29) is 0 Å². The molecular weight excluding hydrogens is 249 g/mol. The lowest BCUT2D eigenvalue weighted by atomic mass is 10.2. The number of hydrogen-bond acceptors (Lipinski definition) is 1. The van der Waals surface area contributed by atoms with Gasteiger partial charge in [-0.25, -0.2) is 0 Å². The molecule has 0 bridgehead atoms. The van der Waals surface area contributed by atoms with Gasteiger partial charge in [-0.3, -0.25) is 3.11 Å². The lowest BCUT2D eigenvalue weighted by Crippen LogP contribution is -2.07. The molecule has 0 unspecified atom stereocenters. The van der Waals surface area contributed by atoms with Crippen LogP contribution in [-0.2, 0) is 6.42 Å². The van der Waals surface area contributed by atoms with Gasteiger partial charge in [0.15, 0.2) is 0 Å². The SMILES string of the molecule is CN(I)CCc1ccccc1. The normalized spacial score (nSPS) is 10.5. The van der Waals surface area contributed by atoms with Gasteiger partial charge in [0.05, 0.1) is 0 Å². The van der Waals surface area contributed by atoms with Crippen LogP contribution < -0.4 is 0 Å². The van der Waals surface area contributed by atoms with Crippen molar-refractivity contribution in [3.8, 4) is 0 Å². The van der Waals surface area contributed by atoms with E-state index in [0.717, 1.165) is 13.0 Å². The van der Waals surface area contributed by atoms with Crippen molar-refractivity contribution in [3.05, 3.63) is 35.9 Å². The van der Waals surface area contributed by atoms with Crippen LogP contribution in [0.15, 0.2) is 30.3 Å². The fraction of sp³-hybridized carbons (Fsp3) is 0.333. The molecule has 11 heavy (non-hydrogen) atoms. The number of likely N-dealkylation sites (N-methyl/N-ethyl adjacent to an activating group) is 1. The number of benzene rings is 1. The molecule has 1 nitrogen and oxygen atoms in total. The van der Waals surface area contributed by atoms with Crippen LogP contribution in [0.4, 0.5) is 0 Å². The number of nitrogens with zero attached hydrogens (tertiary/aromatic N) is 1. The molecule has 1 rings (SSSR count). The van der Waals surface area contributed by atoms with E-state index in [1.807, 2.05) is 0 Å². The molecule has 0 atom stereocenters. The lowest BCUT2D eigenvalue weighted by Gasteiger charge is -2.05. The Hall–Kier alpha value is -0.0900. The molecule has 0 aliphatic carbocycles. The Balaban J connectivity index is 2.39. The molecule has 60 valence electrons. The van der Waals surface area contributed by atoms with Crippen molar-refractivity contribution in [1.82, 2.24) is 3.11 Å². The number of rotatable bonds is 3. The molecule has 2 heteroatoms. The van der Waals surface area contributed by atoms with Gasteiger partial charge >= 0.3 is 0 Å². The molecule has 0 fully saturated rings. The van der Waals surface area contributed by atoms with Crippen LogP contribution in [-0.4, -0.2) is 16.7 Å². The summed E-state index contributed by atoms with van der Waals surface area (Å²) in [5.74, 6) is 0. The number of hydrogen-bond donors (Lipinski definition) is 0. The smallest absolute Gasteiger partial charge is 0.0198 e. The largest absolute Gasteiger partial charge is 0.250 e. The zero-order valence-electron chi connectivity index (χ0n) is 6.63. The first-order chi connectivity index (χ1) is 5.29. The Morgan fingerprint density at radius 2 is 1.91 bits per heavy atom. The molecule has 1 aromatic carbocycles. The Morgan fingerprint density at radius 1 is 1.27 bits per heavy atom. The summed E-state index contributed by atoms with van der Waals surface area (Å²) in [5, 5.41) is 0. The number of halogens is 1. The van der Waals surface area contributed by atoms with Crippen LogP contribution >= 0.6 is 22.9 Å². The van der Waals surface area contributed by atoms with Crippen molar-refractivity contribution in [3.63, 3.8) is 0 Å². The summed E-state index contributed by atoms with van der Waals surface area (Å²) in [6, 6.07) is 10.6. The van der Waals surface area contributed by atoms with Crippen LogP contribution in [0.2, 0.25) is 0 Å². The van der Waals surface area contributed by atoms with E-state index in [2.05, 4.69) is 63.4 Å². The van der Waals surface area contributed by atoms with Gasteiger partial charge in [0, 0.05) is 29.4 Å². The Bertz CT molecular complexity index is 196. The summed E-state index contributed by atoms with van der Waals surface area (Å²) in [7, 11) is 2.09. The molecule has 0 saturated carbocycles. The highest BCUT2D eigenvalue weighted by molar-refractivity contribution is 14.1. The van der Waals surface area contributed by atoms with Gasteiger partial charge < -0.3 is 0 Å². The Labute approximate surface area is 81.9 Å². The zero-order valence-corrected chi connectivity index (χ0v) is 8.78. The summed E-state index contributed by atoms with van der Waals surface area (Å²) in [6.45, 7) is 1.12. The summed E-state index contributed by atoms with van der Waals surface area (Å²) < 4.78 is 2.17. The fourth-order valence-corrected chi connectivity index (χ4v) is 1.17. The lowest BCUT2D eigenvalue weighted by molar-refractivity contribution is 0.611. The Kier molecular flexibility index (Phi) is 3.86. The van der Waals surface area contributed by atoms with Gasteiger partial charge in [0.25, 0.3) is 0 Å². The van der Waals surface area contributed by atoms with Crippen molar-refractivity contribution in [2.24, 2.45) is 0 Å². The molecule has 0 saturated heterocycles. The first kappa shape index (κ1) is 9.00. The summed E-state index contributed by atoms with van der Waals surface area (Å²) >= 11 is 2.30. The first-order valence-electron chi connectivity index (χ1n) is 3.70. The maximum Gasteiger partial charge on any atom is 0.0198 e. The molecule has 0 amide bonds. The van der Waals surface area contributed by atoms with E-state index in [1.54, 1.807) is 0 Å². The molecular formula is C9H12IN. The molecule has 0 N–H and O–H groups in total. The minimum atomic E-state index is 1.12. The van der Waals surface area contributed by atoms with E-state index < -0.39 is 0 Å². The fourth-order valence-electron chi connectivity index (χ4n) is 0.928. The highest BCUT2D eigenvalue weighted by Crippen LogP contribution is 2.02. The predicted octanol–water partition coefficient (Wildman–Crippen LogP) is 2.51. The molecule has 0 aliphatic heterocycles. The molecule has 0 aliphatic rings. The zero-order chi connectivity index (χ0) is 8.10. The molecule has 0 radical (unpaired) electrons. The average molecular weight is 261 g/mol. The van der Waals surface area contributed by atoms with Gasteiger partial charge in [0.1, 0.15) is 0 Å². The third kappa shape index (κ3) is 3.72. The second-order valence-electron chi connectivity index (χ2n) is 2.56. The van der Waals surface area contributed by atoms with E-state index in [0.29, 0.717) is 0 Å².